The summed E-state index contributed by atoms with van der Waals surface area (Å²) >= 11 is 1.26. The van der Waals surface area contributed by atoms with E-state index in [9.17, 15) is 27.9 Å². The van der Waals surface area contributed by atoms with Crippen molar-refractivity contribution < 1.29 is 27.9 Å². The predicted octanol–water partition coefficient (Wildman–Crippen LogP) is 5.72. The van der Waals surface area contributed by atoms with E-state index in [0.29, 0.717) is 55.3 Å². The summed E-state index contributed by atoms with van der Waals surface area (Å²) in [7, 11) is 0. The van der Waals surface area contributed by atoms with Gasteiger partial charge in [0.1, 0.15) is 11.9 Å². The molecule has 5 rings (SSSR count). The van der Waals surface area contributed by atoms with Crippen molar-refractivity contribution in [3.63, 3.8) is 0 Å². The van der Waals surface area contributed by atoms with E-state index in [1.54, 1.807) is 19.2 Å². The molecule has 3 N–H and O–H groups in total. The number of thiazole rings is 1. The first-order valence-corrected chi connectivity index (χ1v) is 15.5. The van der Waals surface area contributed by atoms with Gasteiger partial charge in [0.25, 0.3) is 5.91 Å². The first-order valence-electron chi connectivity index (χ1n) is 14.7. The van der Waals surface area contributed by atoms with Crippen molar-refractivity contribution in [2.45, 2.75) is 78.3 Å². The Balaban J connectivity index is 0.00000207. The monoisotopic (exact) mass is 620 g/mol. The van der Waals surface area contributed by atoms with Gasteiger partial charge in [-0.1, -0.05) is 25.2 Å². The third kappa shape index (κ3) is 8.01. The van der Waals surface area contributed by atoms with E-state index in [1.807, 2.05) is 13.8 Å². The summed E-state index contributed by atoms with van der Waals surface area (Å²) in [5.74, 6) is -1.61. The molecule has 1 amide bonds. The van der Waals surface area contributed by atoms with Gasteiger partial charge < -0.3 is 10.4 Å². The van der Waals surface area contributed by atoms with Crippen molar-refractivity contribution in [2.75, 3.05) is 25.0 Å². The predicted molar refractivity (Wildman–Crippen MR) is 162 cm³/mol. The maximum absolute atomic E-state index is 13.6. The largest absolute Gasteiger partial charge is 0.481 e. The third-order valence-electron chi connectivity index (χ3n) is 7.88. The van der Waals surface area contributed by atoms with Crippen LogP contribution in [0.1, 0.15) is 62.5 Å². The first-order chi connectivity index (χ1) is 20.5. The van der Waals surface area contributed by atoms with Crippen LogP contribution in [0.5, 0.6) is 0 Å². The van der Waals surface area contributed by atoms with E-state index in [0.717, 1.165) is 36.4 Å². The summed E-state index contributed by atoms with van der Waals surface area (Å²) in [6.45, 7) is 10.4. The number of rotatable bonds is 7. The maximum atomic E-state index is 13.6. The average molecular weight is 621 g/mol. The number of piperidine rings is 1. The average Bonchev–Trinajstić information content (AvgIpc) is 3.58. The summed E-state index contributed by atoms with van der Waals surface area (Å²) in [6, 6.07) is 4.26. The van der Waals surface area contributed by atoms with E-state index in [2.05, 4.69) is 37.3 Å². The van der Waals surface area contributed by atoms with Crippen molar-refractivity contribution in [2.24, 2.45) is 10.9 Å². The molecule has 1 aromatic heterocycles. The molecule has 3 aliphatic heterocycles. The number of alkyl halides is 3. The lowest BCUT2D eigenvalue weighted by Gasteiger charge is -2.35. The number of aliphatic carboxylic acids is 1. The number of hydrogen-bond donors (Lipinski definition) is 3. The minimum Gasteiger partial charge on any atom is -0.481 e. The van der Waals surface area contributed by atoms with Gasteiger partial charge in [-0.05, 0) is 69.8 Å². The number of aryl methyl sites for hydroxylation is 1. The Morgan fingerprint density at radius 1 is 1.14 bits per heavy atom. The molecule has 9 nitrogen and oxygen atoms in total. The second-order valence-electron chi connectivity index (χ2n) is 10.9. The number of amides is 1. The molecule has 0 spiro atoms. The van der Waals surface area contributed by atoms with E-state index in [-0.39, 0.29) is 22.9 Å². The fourth-order valence-electron chi connectivity index (χ4n) is 5.54. The maximum Gasteiger partial charge on any atom is 0.416 e. The first kappa shape index (κ1) is 32.6. The second-order valence-corrected chi connectivity index (χ2v) is 11.9. The van der Waals surface area contributed by atoms with E-state index in [4.69, 9.17) is 0 Å². The van der Waals surface area contributed by atoms with Gasteiger partial charge in [-0.2, -0.15) is 13.2 Å². The zero-order chi connectivity index (χ0) is 31.3. The van der Waals surface area contributed by atoms with Gasteiger partial charge >= 0.3 is 12.1 Å². The zero-order valence-corrected chi connectivity index (χ0v) is 25.7. The van der Waals surface area contributed by atoms with Crippen molar-refractivity contribution in [3.05, 3.63) is 46.1 Å². The standard InChI is InChI=1S/C28H33F3N6O3S.C2H6/c1-16-10-19(12-20(11-16)28(29,30)31)24-22(15-37-7-3-4-17(37)2)41-27(34-24)35-25(38)21-13-33-23(14-32-21)36-8-5-18(6-9-36)26(39)40;1-2/h10-14,17-18,23,33H,3-9,15H2,1-2H3,(H,39,40)(H,34,35,38);1-2H3. The molecule has 2 aromatic rings. The number of likely N-dealkylation sites (tertiary alicyclic amines) is 2. The third-order valence-corrected chi connectivity index (χ3v) is 8.84. The number of aromatic nitrogens is 1. The van der Waals surface area contributed by atoms with Gasteiger partial charge in [0.2, 0.25) is 0 Å². The van der Waals surface area contributed by atoms with Crippen LogP contribution in [0.2, 0.25) is 0 Å². The molecule has 3 aliphatic rings. The Labute approximate surface area is 253 Å². The van der Waals surface area contributed by atoms with Gasteiger partial charge in [0.05, 0.1) is 17.2 Å². The molecule has 0 bridgehead atoms. The minimum atomic E-state index is -4.49. The lowest BCUT2D eigenvalue weighted by atomic mass is 9.97. The summed E-state index contributed by atoms with van der Waals surface area (Å²) in [6.07, 6.45) is 1.61. The lowest BCUT2D eigenvalue weighted by molar-refractivity contribution is -0.143. The van der Waals surface area contributed by atoms with Gasteiger partial charge in [0, 0.05) is 48.5 Å². The Morgan fingerprint density at radius 3 is 2.44 bits per heavy atom. The SMILES string of the molecule is CC.Cc1cc(-c2nc(NC(=O)C3=CNC(N4CCC(C(=O)O)CC4)C=N3)sc2CN2CCCC2C)cc(C(F)(F)F)c1. The molecule has 2 unspecified atom stereocenters. The van der Waals surface area contributed by atoms with Gasteiger partial charge in [-0.3, -0.25) is 29.7 Å². The van der Waals surface area contributed by atoms with Crippen molar-refractivity contribution >= 4 is 34.6 Å². The highest BCUT2D eigenvalue weighted by Gasteiger charge is 2.32. The highest BCUT2D eigenvalue weighted by atomic mass is 32.1. The molecule has 13 heteroatoms. The highest BCUT2D eigenvalue weighted by molar-refractivity contribution is 7.16. The normalized spacial score (nSPS) is 21.5. The molecule has 0 radical (unpaired) electrons. The van der Waals surface area contributed by atoms with E-state index in [1.165, 1.54) is 17.5 Å². The number of carboxylic acids is 1. The molecular formula is C30H39F3N6O3S. The van der Waals surface area contributed by atoms with Crippen LogP contribution in [0.4, 0.5) is 18.3 Å². The molecule has 4 heterocycles. The molecule has 1 aromatic carbocycles. The Kier molecular flexibility index (Phi) is 10.6. The fourth-order valence-corrected chi connectivity index (χ4v) is 6.54. The van der Waals surface area contributed by atoms with Crippen molar-refractivity contribution in [1.82, 2.24) is 20.1 Å². The quantitative estimate of drug-likeness (QED) is 0.363. The molecule has 2 atom stereocenters. The summed E-state index contributed by atoms with van der Waals surface area (Å²) < 4.78 is 40.8. The molecule has 234 valence electrons. The van der Waals surface area contributed by atoms with Crippen LogP contribution in [-0.4, -0.2) is 69.8 Å². The van der Waals surface area contributed by atoms with Crippen LogP contribution in [0.15, 0.2) is 35.1 Å². The van der Waals surface area contributed by atoms with Crippen LogP contribution in [-0.2, 0) is 22.3 Å². The zero-order valence-electron chi connectivity index (χ0n) is 24.9. The van der Waals surface area contributed by atoms with Crippen molar-refractivity contribution in [3.8, 4) is 11.3 Å². The smallest absolute Gasteiger partial charge is 0.416 e. The number of carbonyl (C=O) groups is 2. The van der Waals surface area contributed by atoms with Crippen LogP contribution in [0, 0.1) is 12.8 Å². The number of carboxylic acid groups (broad SMARTS) is 1. The highest BCUT2D eigenvalue weighted by Crippen LogP contribution is 2.38. The molecule has 0 saturated carbocycles. The number of benzene rings is 1. The summed E-state index contributed by atoms with van der Waals surface area (Å²) in [5.41, 5.74) is 0.678. The lowest BCUT2D eigenvalue weighted by Crippen LogP contribution is -2.50. The molecule has 2 saturated heterocycles. The van der Waals surface area contributed by atoms with E-state index >= 15 is 0 Å². The van der Waals surface area contributed by atoms with Gasteiger partial charge in [-0.25, -0.2) is 4.98 Å². The Bertz CT molecular complexity index is 1370. The molecule has 2 fully saturated rings. The fraction of sp³-hybridized carbons (Fsp3) is 0.533. The van der Waals surface area contributed by atoms with Crippen LogP contribution >= 0.6 is 11.3 Å². The number of nitrogens with zero attached hydrogens (tertiary/aromatic N) is 4. The van der Waals surface area contributed by atoms with Crippen molar-refractivity contribution in [1.29, 1.82) is 0 Å². The summed E-state index contributed by atoms with van der Waals surface area (Å²) in [5, 5.41) is 15.4. The second kappa shape index (κ2) is 14.0. The van der Waals surface area contributed by atoms with Crippen LogP contribution in [0.3, 0.4) is 0 Å². The number of anilines is 1. The molecule has 43 heavy (non-hydrogen) atoms. The van der Waals surface area contributed by atoms with Gasteiger partial charge in [-0.15, -0.1) is 0 Å². The Morgan fingerprint density at radius 2 is 1.86 bits per heavy atom. The Hall–Kier alpha value is -3.29. The van der Waals surface area contributed by atoms with Crippen LogP contribution in [0.25, 0.3) is 11.3 Å². The molecule has 0 aliphatic carbocycles. The number of aliphatic imine (C=N–C) groups is 1. The molecular weight excluding hydrogens is 581 g/mol. The summed E-state index contributed by atoms with van der Waals surface area (Å²) in [4.78, 5) is 38.3. The number of hydrogen-bond acceptors (Lipinski definition) is 8. The number of carbonyl (C=O) groups excluding carboxylic acids is 1. The number of halogens is 3. The number of nitrogens with one attached hydrogen (secondary N) is 2. The van der Waals surface area contributed by atoms with Gasteiger partial charge in [0.15, 0.2) is 5.13 Å². The van der Waals surface area contributed by atoms with Crippen LogP contribution < -0.4 is 10.6 Å². The minimum absolute atomic E-state index is 0.142. The topological polar surface area (TPSA) is 110 Å². The van der Waals surface area contributed by atoms with E-state index < -0.39 is 23.6 Å².